The molecule has 1 heterocycles. The molecule has 17 heavy (non-hydrogen) atoms. The zero-order valence-electron chi connectivity index (χ0n) is 9.97. The van der Waals surface area contributed by atoms with Crippen LogP contribution in [0, 0.1) is 29.6 Å². The lowest BCUT2D eigenvalue weighted by atomic mass is 9.51. The van der Waals surface area contributed by atoms with Gasteiger partial charge in [-0.2, -0.15) is 0 Å². The van der Waals surface area contributed by atoms with Gasteiger partial charge in [0, 0.05) is 5.92 Å². The molecule has 0 unspecified atom stereocenters. The number of rotatable bonds is 2. The van der Waals surface area contributed by atoms with Gasteiger partial charge in [0.05, 0.1) is 4.88 Å². The van der Waals surface area contributed by atoms with Crippen LogP contribution in [0.25, 0.3) is 0 Å². The lowest BCUT2D eigenvalue weighted by molar-refractivity contribution is -0.0249. The van der Waals surface area contributed by atoms with Crippen LogP contribution in [0.1, 0.15) is 41.8 Å². The van der Waals surface area contributed by atoms with Gasteiger partial charge in [0.25, 0.3) is 0 Å². The molecule has 0 amide bonds. The summed E-state index contributed by atoms with van der Waals surface area (Å²) in [7, 11) is 0. The standard InChI is InChI=1S/C15H18OS/c16-15(13-2-1-3-17-13)14-11-5-9-4-10(7-11)8-12(14)6-9/h1-3,9-12,14H,4-8H2. The summed E-state index contributed by atoms with van der Waals surface area (Å²) in [6, 6.07) is 4.02. The van der Waals surface area contributed by atoms with Crippen molar-refractivity contribution in [1.82, 2.24) is 0 Å². The molecule has 1 aromatic rings. The fourth-order valence-corrected chi connectivity index (χ4v) is 5.65. The van der Waals surface area contributed by atoms with Crippen LogP contribution < -0.4 is 0 Å². The topological polar surface area (TPSA) is 17.1 Å². The third-order valence-corrected chi connectivity index (χ3v) is 6.18. The van der Waals surface area contributed by atoms with Crippen molar-refractivity contribution in [2.45, 2.75) is 32.1 Å². The first-order chi connectivity index (χ1) is 8.31. The maximum atomic E-state index is 12.6. The molecule has 1 nitrogen and oxygen atoms in total. The minimum Gasteiger partial charge on any atom is -0.293 e. The summed E-state index contributed by atoms with van der Waals surface area (Å²) in [6.07, 6.45) is 6.83. The Morgan fingerprint density at radius 2 is 1.71 bits per heavy atom. The quantitative estimate of drug-likeness (QED) is 0.721. The molecule has 4 aliphatic rings. The zero-order chi connectivity index (χ0) is 11.4. The van der Waals surface area contributed by atoms with Gasteiger partial charge in [-0.3, -0.25) is 4.79 Å². The molecule has 0 aliphatic heterocycles. The molecule has 0 saturated heterocycles. The number of thiophene rings is 1. The molecule has 0 aromatic carbocycles. The Morgan fingerprint density at radius 1 is 1.06 bits per heavy atom. The fourth-order valence-electron chi connectivity index (χ4n) is 4.94. The van der Waals surface area contributed by atoms with E-state index in [0.29, 0.717) is 11.7 Å². The third-order valence-electron chi connectivity index (χ3n) is 5.29. The van der Waals surface area contributed by atoms with Crippen molar-refractivity contribution < 1.29 is 4.79 Å². The second-order valence-corrected chi connectivity index (χ2v) is 7.25. The van der Waals surface area contributed by atoms with Crippen molar-refractivity contribution in [1.29, 1.82) is 0 Å². The van der Waals surface area contributed by atoms with Crippen LogP contribution in [0.5, 0.6) is 0 Å². The average molecular weight is 246 g/mol. The minimum absolute atomic E-state index is 0.376. The fraction of sp³-hybridized carbons (Fsp3) is 0.667. The van der Waals surface area contributed by atoms with Crippen LogP contribution in [-0.4, -0.2) is 5.78 Å². The van der Waals surface area contributed by atoms with E-state index in [9.17, 15) is 4.79 Å². The van der Waals surface area contributed by atoms with E-state index in [0.717, 1.165) is 28.5 Å². The molecule has 0 radical (unpaired) electrons. The monoisotopic (exact) mass is 246 g/mol. The van der Waals surface area contributed by atoms with Gasteiger partial charge in [0.2, 0.25) is 0 Å². The zero-order valence-corrected chi connectivity index (χ0v) is 10.8. The van der Waals surface area contributed by atoms with Gasteiger partial charge in [-0.05, 0) is 67.2 Å². The largest absolute Gasteiger partial charge is 0.293 e. The van der Waals surface area contributed by atoms with E-state index in [-0.39, 0.29) is 0 Å². The predicted molar refractivity (Wildman–Crippen MR) is 69.2 cm³/mol. The first kappa shape index (κ1) is 10.3. The van der Waals surface area contributed by atoms with Gasteiger partial charge < -0.3 is 0 Å². The number of carbonyl (C=O) groups excluding carboxylic acids is 1. The van der Waals surface area contributed by atoms with Crippen LogP contribution in [0.15, 0.2) is 17.5 Å². The maximum absolute atomic E-state index is 12.6. The molecule has 90 valence electrons. The van der Waals surface area contributed by atoms with Crippen molar-refractivity contribution in [3.8, 4) is 0 Å². The van der Waals surface area contributed by atoms with E-state index in [1.54, 1.807) is 11.3 Å². The van der Waals surface area contributed by atoms with Crippen molar-refractivity contribution in [3.05, 3.63) is 22.4 Å². The first-order valence-electron chi connectivity index (χ1n) is 6.89. The van der Waals surface area contributed by atoms with Crippen LogP contribution in [0.4, 0.5) is 0 Å². The van der Waals surface area contributed by atoms with Gasteiger partial charge in [0.1, 0.15) is 0 Å². The first-order valence-corrected chi connectivity index (χ1v) is 7.77. The highest BCUT2D eigenvalue weighted by atomic mass is 32.1. The van der Waals surface area contributed by atoms with Crippen molar-refractivity contribution in [2.24, 2.45) is 29.6 Å². The molecule has 4 aliphatic carbocycles. The normalized spacial score (nSPS) is 42.9. The van der Waals surface area contributed by atoms with E-state index in [2.05, 4.69) is 0 Å². The summed E-state index contributed by atoms with van der Waals surface area (Å²) >= 11 is 1.63. The van der Waals surface area contributed by atoms with E-state index in [1.165, 1.54) is 32.1 Å². The Hall–Kier alpha value is -0.630. The van der Waals surface area contributed by atoms with Gasteiger partial charge in [-0.15, -0.1) is 11.3 Å². The van der Waals surface area contributed by atoms with E-state index in [1.807, 2.05) is 17.5 Å². The third kappa shape index (κ3) is 1.53. The average Bonchev–Trinajstić information content (AvgIpc) is 2.80. The molecule has 0 N–H and O–H groups in total. The van der Waals surface area contributed by atoms with Crippen molar-refractivity contribution in [2.75, 3.05) is 0 Å². The molecular formula is C15H18OS. The maximum Gasteiger partial charge on any atom is 0.176 e. The van der Waals surface area contributed by atoms with Gasteiger partial charge in [-0.1, -0.05) is 6.07 Å². The number of hydrogen-bond acceptors (Lipinski definition) is 2. The summed E-state index contributed by atoms with van der Waals surface area (Å²) in [4.78, 5) is 13.6. The minimum atomic E-state index is 0.376. The summed E-state index contributed by atoms with van der Waals surface area (Å²) < 4.78 is 0. The van der Waals surface area contributed by atoms with Crippen LogP contribution in [-0.2, 0) is 0 Å². The van der Waals surface area contributed by atoms with Crippen LogP contribution in [0.2, 0.25) is 0 Å². The number of carbonyl (C=O) groups is 1. The van der Waals surface area contributed by atoms with Gasteiger partial charge in [-0.25, -0.2) is 0 Å². The summed E-state index contributed by atoms with van der Waals surface area (Å²) in [6.45, 7) is 0. The lowest BCUT2D eigenvalue weighted by Crippen LogP contribution is -2.47. The van der Waals surface area contributed by atoms with E-state index >= 15 is 0 Å². The summed E-state index contributed by atoms with van der Waals surface area (Å²) in [5.74, 6) is 4.21. The molecule has 5 rings (SSSR count). The Morgan fingerprint density at radius 3 is 2.24 bits per heavy atom. The second-order valence-electron chi connectivity index (χ2n) is 6.30. The number of Topliss-reactive ketones (excluding diaryl/α,β-unsaturated/α-hetero) is 1. The van der Waals surface area contributed by atoms with Crippen molar-refractivity contribution >= 4 is 17.1 Å². The molecule has 4 bridgehead atoms. The highest BCUT2D eigenvalue weighted by molar-refractivity contribution is 7.12. The predicted octanol–water partition coefficient (Wildman–Crippen LogP) is 4.00. The Kier molecular flexibility index (Phi) is 2.23. The number of ketones is 1. The smallest absolute Gasteiger partial charge is 0.176 e. The van der Waals surface area contributed by atoms with E-state index in [4.69, 9.17) is 0 Å². The van der Waals surface area contributed by atoms with E-state index < -0.39 is 0 Å². The van der Waals surface area contributed by atoms with Crippen LogP contribution in [0.3, 0.4) is 0 Å². The molecule has 4 saturated carbocycles. The Balaban J connectivity index is 1.64. The summed E-state index contributed by atoms with van der Waals surface area (Å²) in [5.41, 5.74) is 0. The van der Waals surface area contributed by atoms with Gasteiger partial charge >= 0.3 is 0 Å². The highest BCUT2D eigenvalue weighted by Crippen LogP contribution is 2.57. The lowest BCUT2D eigenvalue weighted by Gasteiger charge is -2.53. The SMILES string of the molecule is O=C(c1cccs1)C1C2CC3CC(C2)CC1C3. The Bertz CT molecular complexity index is 406. The Labute approximate surface area is 106 Å². The summed E-state index contributed by atoms with van der Waals surface area (Å²) in [5, 5.41) is 2.03. The molecule has 0 spiro atoms. The van der Waals surface area contributed by atoms with Gasteiger partial charge in [0.15, 0.2) is 5.78 Å². The van der Waals surface area contributed by atoms with Crippen LogP contribution >= 0.6 is 11.3 Å². The highest BCUT2D eigenvalue weighted by Gasteiger charge is 2.50. The molecule has 4 fully saturated rings. The number of hydrogen-bond donors (Lipinski definition) is 0. The second kappa shape index (κ2) is 3.68. The molecular weight excluding hydrogens is 228 g/mol. The molecule has 1 aromatic heterocycles. The van der Waals surface area contributed by atoms with Crippen molar-refractivity contribution in [3.63, 3.8) is 0 Å². The molecule has 2 heteroatoms. The molecule has 0 atom stereocenters.